The van der Waals surface area contributed by atoms with Gasteiger partial charge < -0.3 is 4.42 Å². The first kappa shape index (κ1) is 13.3. The maximum atomic E-state index is 10.8. The topological polar surface area (TPSA) is 86.7 Å². The first-order valence-corrected chi connectivity index (χ1v) is 6.92. The van der Waals surface area contributed by atoms with Crippen molar-refractivity contribution in [1.29, 1.82) is 0 Å². The lowest BCUT2D eigenvalue weighted by Crippen LogP contribution is -1.93. The molecule has 0 amide bonds. The highest BCUT2D eigenvalue weighted by atomic mass is 16.3. The van der Waals surface area contributed by atoms with Gasteiger partial charge in [-0.25, -0.2) is 9.67 Å². The van der Waals surface area contributed by atoms with Crippen molar-refractivity contribution < 1.29 is 9.21 Å². The van der Waals surface area contributed by atoms with Crippen molar-refractivity contribution in [3.63, 3.8) is 0 Å². The molecular formula is C16H11N5O2. The van der Waals surface area contributed by atoms with E-state index in [2.05, 4.69) is 20.3 Å². The molecule has 0 unspecified atom stereocenters. The van der Waals surface area contributed by atoms with E-state index in [1.807, 2.05) is 25.2 Å². The number of aryl methyl sites for hydroxylation is 1. The highest BCUT2D eigenvalue weighted by Gasteiger charge is 2.11. The van der Waals surface area contributed by atoms with Crippen LogP contribution in [0.5, 0.6) is 0 Å². The molecule has 1 aromatic carbocycles. The van der Waals surface area contributed by atoms with Gasteiger partial charge in [0, 0.05) is 24.4 Å². The Morgan fingerprint density at radius 3 is 2.87 bits per heavy atom. The number of nitrogens with zero attached hydrogens (tertiary/aromatic N) is 5. The Balaban J connectivity index is 1.82. The van der Waals surface area contributed by atoms with Crippen molar-refractivity contribution in [1.82, 2.24) is 25.0 Å². The Bertz CT molecular complexity index is 1020. The molecule has 4 rings (SSSR count). The molecule has 0 N–H and O–H groups in total. The van der Waals surface area contributed by atoms with Crippen molar-refractivity contribution in [2.45, 2.75) is 0 Å². The summed E-state index contributed by atoms with van der Waals surface area (Å²) in [5.41, 5.74) is 4.29. The van der Waals surface area contributed by atoms with Crippen LogP contribution in [0.1, 0.15) is 10.5 Å². The third-order valence-electron chi connectivity index (χ3n) is 3.55. The number of aromatic nitrogens is 5. The van der Waals surface area contributed by atoms with E-state index in [0.717, 1.165) is 16.8 Å². The predicted molar refractivity (Wildman–Crippen MR) is 82.6 cm³/mol. The highest BCUT2D eigenvalue weighted by Crippen LogP contribution is 2.27. The zero-order chi connectivity index (χ0) is 15.8. The number of hydrogen-bond acceptors (Lipinski definition) is 6. The maximum absolute atomic E-state index is 10.8. The van der Waals surface area contributed by atoms with Crippen LogP contribution in [-0.4, -0.2) is 31.2 Å². The summed E-state index contributed by atoms with van der Waals surface area (Å²) >= 11 is 0. The Labute approximate surface area is 130 Å². The fourth-order valence-corrected chi connectivity index (χ4v) is 2.41. The molecule has 23 heavy (non-hydrogen) atoms. The van der Waals surface area contributed by atoms with Gasteiger partial charge in [0.05, 0.1) is 11.9 Å². The number of rotatable bonds is 3. The van der Waals surface area contributed by atoms with Crippen LogP contribution < -0.4 is 0 Å². The van der Waals surface area contributed by atoms with Crippen LogP contribution in [0.15, 0.2) is 47.1 Å². The number of hydrogen-bond donors (Lipinski definition) is 0. The summed E-state index contributed by atoms with van der Waals surface area (Å²) in [5, 5.41) is 7.81. The summed E-state index contributed by atoms with van der Waals surface area (Å²) in [6.45, 7) is 0. The molecule has 0 aliphatic carbocycles. The lowest BCUT2D eigenvalue weighted by Gasteiger charge is -1.99. The molecule has 7 nitrogen and oxygen atoms in total. The molecule has 0 spiro atoms. The van der Waals surface area contributed by atoms with Gasteiger partial charge in [0.1, 0.15) is 11.2 Å². The quantitative estimate of drug-likeness (QED) is 0.540. The fraction of sp³-hybridized carbons (Fsp3) is 0.0625. The van der Waals surface area contributed by atoms with E-state index < -0.39 is 0 Å². The Kier molecular flexibility index (Phi) is 2.97. The van der Waals surface area contributed by atoms with Gasteiger partial charge in [-0.15, -0.1) is 5.10 Å². The normalized spacial score (nSPS) is 11.0. The average molecular weight is 305 g/mol. The molecule has 4 aromatic rings. The summed E-state index contributed by atoms with van der Waals surface area (Å²) < 4.78 is 7.46. The van der Waals surface area contributed by atoms with Gasteiger partial charge in [0.25, 0.3) is 0 Å². The Morgan fingerprint density at radius 1 is 1.17 bits per heavy atom. The van der Waals surface area contributed by atoms with E-state index in [9.17, 15) is 4.79 Å². The molecule has 0 radical (unpaired) electrons. The second-order valence-electron chi connectivity index (χ2n) is 5.03. The van der Waals surface area contributed by atoms with Gasteiger partial charge in [0.2, 0.25) is 5.89 Å². The Hall–Kier alpha value is -3.35. The number of carbonyl (C=O) groups excluding carboxylic acids is 1. The average Bonchev–Trinajstić information content (AvgIpc) is 3.20. The second kappa shape index (κ2) is 5.13. The second-order valence-corrected chi connectivity index (χ2v) is 5.03. The maximum Gasteiger partial charge on any atom is 0.227 e. The van der Waals surface area contributed by atoms with Crippen molar-refractivity contribution in [3.05, 3.63) is 48.4 Å². The third kappa shape index (κ3) is 2.28. The lowest BCUT2D eigenvalue weighted by atomic mass is 10.1. The van der Waals surface area contributed by atoms with E-state index in [0.29, 0.717) is 29.0 Å². The van der Waals surface area contributed by atoms with E-state index in [4.69, 9.17) is 4.42 Å². The van der Waals surface area contributed by atoms with Crippen LogP contribution in [0.2, 0.25) is 0 Å². The minimum absolute atomic E-state index is 0.339. The smallest absolute Gasteiger partial charge is 0.227 e. The molecule has 0 aliphatic heterocycles. The minimum atomic E-state index is 0.339. The van der Waals surface area contributed by atoms with Gasteiger partial charge in [-0.2, -0.15) is 0 Å². The molecule has 0 saturated heterocycles. The first-order chi connectivity index (χ1) is 11.2. The van der Waals surface area contributed by atoms with E-state index in [-0.39, 0.29) is 0 Å². The molecule has 0 aliphatic rings. The van der Waals surface area contributed by atoms with Crippen LogP contribution in [-0.2, 0) is 7.05 Å². The van der Waals surface area contributed by atoms with Gasteiger partial charge in [-0.1, -0.05) is 5.21 Å². The standard InChI is InChI=1S/C16H11N5O2/c1-21-14(8-18-20-21)10-2-3-15-13(7-10)19-16(23-15)11-4-5-17-12(6-11)9-22/h2-9H,1H3. The number of fused-ring (bicyclic) bond motifs is 1. The number of carbonyl (C=O) groups is 1. The van der Waals surface area contributed by atoms with Crippen LogP contribution in [0, 0.1) is 0 Å². The summed E-state index contributed by atoms with van der Waals surface area (Å²) in [7, 11) is 1.83. The molecule has 3 aromatic heterocycles. The van der Waals surface area contributed by atoms with E-state index in [1.165, 1.54) is 0 Å². The Morgan fingerprint density at radius 2 is 2.09 bits per heavy atom. The lowest BCUT2D eigenvalue weighted by molar-refractivity contribution is 0.111. The minimum Gasteiger partial charge on any atom is -0.436 e. The van der Waals surface area contributed by atoms with Crippen LogP contribution in [0.4, 0.5) is 0 Å². The van der Waals surface area contributed by atoms with Gasteiger partial charge in [-0.05, 0) is 30.3 Å². The summed E-state index contributed by atoms with van der Waals surface area (Å²) in [6.07, 6.45) is 3.95. The van der Waals surface area contributed by atoms with Crippen molar-refractivity contribution in [2.75, 3.05) is 0 Å². The van der Waals surface area contributed by atoms with Crippen molar-refractivity contribution in [3.8, 4) is 22.7 Å². The number of aldehydes is 1. The number of oxazole rings is 1. The predicted octanol–water partition coefficient (Wildman–Crippen LogP) is 2.50. The largest absolute Gasteiger partial charge is 0.436 e. The number of benzene rings is 1. The summed E-state index contributed by atoms with van der Waals surface area (Å²) in [5.74, 6) is 0.450. The molecule has 112 valence electrons. The summed E-state index contributed by atoms with van der Waals surface area (Å²) in [6, 6.07) is 9.10. The van der Waals surface area contributed by atoms with Crippen LogP contribution >= 0.6 is 0 Å². The van der Waals surface area contributed by atoms with Crippen molar-refractivity contribution in [2.24, 2.45) is 7.05 Å². The molecule has 0 saturated carbocycles. The fourth-order valence-electron chi connectivity index (χ4n) is 2.41. The van der Waals surface area contributed by atoms with Gasteiger partial charge >= 0.3 is 0 Å². The first-order valence-electron chi connectivity index (χ1n) is 6.92. The zero-order valence-electron chi connectivity index (χ0n) is 12.2. The molecule has 0 atom stereocenters. The van der Waals surface area contributed by atoms with E-state index >= 15 is 0 Å². The summed E-state index contributed by atoms with van der Waals surface area (Å²) in [4.78, 5) is 19.3. The molecule has 7 heteroatoms. The van der Waals surface area contributed by atoms with Crippen LogP contribution in [0.25, 0.3) is 33.8 Å². The van der Waals surface area contributed by atoms with Gasteiger partial charge in [0.15, 0.2) is 11.9 Å². The van der Waals surface area contributed by atoms with Gasteiger partial charge in [-0.3, -0.25) is 9.78 Å². The molecule has 3 heterocycles. The molecular weight excluding hydrogens is 294 g/mol. The number of pyridine rings is 1. The van der Waals surface area contributed by atoms with E-state index in [1.54, 1.807) is 29.2 Å². The third-order valence-corrected chi connectivity index (χ3v) is 3.55. The molecule has 0 fully saturated rings. The van der Waals surface area contributed by atoms with Crippen LogP contribution in [0.3, 0.4) is 0 Å². The highest BCUT2D eigenvalue weighted by molar-refractivity contribution is 5.82. The SMILES string of the molecule is Cn1nncc1-c1ccc2oc(-c3ccnc(C=O)c3)nc2c1. The molecule has 0 bridgehead atoms. The van der Waals surface area contributed by atoms with Crippen molar-refractivity contribution >= 4 is 17.4 Å². The monoisotopic (exact) mass is 305 g/mol. The zero-order valence-corrected chi connectivity index (χ0v) is 12.2.